The Bertz CT molecular complexity index is 7300. The van der Waals surface area contributed by atoms with Crippen LogP contribution < -0.4 is 49.9 Å². The van der Waals surface area contributed by atoms with Crippen molar-refractivity contribution in [3.63, 3.8) is 0 Å². The van der Waals surface area contributed by atoms with Crippen LogP contribution in [0.3, 0.4) is 0 Å². The first-order valence-electron chi connectivity index (χ1n) is 45.7. The Morgan fingerprint density at radius 3 is 0.829 bits per heavy atom. The first kappa shape index (κ1) is 109. The Hall–Kier alpha value is -13.9. The fraction of sp³-hybridized carbons (Fsp3) is 0.320. The fourth-order valence-corrected chi connectivity index (χ4v) is 18.6. The van der Waals surface area contributed by atoms with Gasteiger partial charge in [0.2, 0.25) is 23.8 Å². The largest absolute Gasteiger partial charge is 0.496 e. The Balaban J connectivity index is 0.000000163. The minimum absolute atomic E-state index is 0.00549. The van der Waals surface area contributed by atoms with E-state index in [2.05, 4.69) is 59.8 Å². The van der Waals surface area contributed by atoms with Gasteiger partial charge in [-0.15, -0.1) is 0 Å². The van der Waals surface area contributed by atoms with E-state index in [1.54, 1.807) is 60.7 Å². The molecular formula is C97H112N20O25P4. The van der Waals surface area contributed by atoms with Gasteiger partial charge in [0.05, 0.1) is 85.3 Å². The van der Waals surface area contributed by atoms with Crippen LogP contribution in [0.25, 0.3) is 44.7 Å². The number of anilines is 4. The predicted molar refractivity (Wildman–Crippen MR) is 542 cm³/mol. The molecule has 4 atom stereocenters. The third kappa shape index (κ3) is 32.0. The highest BCUT2D eigenvalue weighted by atomic mass is 31.2. The van der Waals surface area contributed by atoms with E-state index in [0.29, 0.717) is 45.0 Å². The van der Waals surface area contributed by atoms with E-state index in [4.69, 9.17) is 82.8 Å². The second-order valence-corrected chi connectivity index (χ2v) is 41.9. The van der Waals surface area contributed by atoms with E-state index in [-0.39, 0.29) is 180 Å². The molecule has 0 radical (unpaired) electrons. The van der Waals surface area contributed by atoms with Gasteiger partial charge in [0.25, 0.3) is 22.2 Å². The molecule has 0 amide bonds. The number of Topliss-reactive ketones (excluding diaryl/α,β-unsaturated/α-hetero) is 4. The highest BCUT2D eigenvalue weighted by Crippen LogP contribution is 2.53. The van der Waals surface area contributed by atoms with E-state index in [1.165, 1.54) is 32.4 Å². The number of H-pyrrole nitrogens is 4. The summed E-state index contributed by atoms with van der Waals surface area (Å²) in [5.41, 5.74) is 34.3. The Kier molecular flexibility index (Phi) is 38.3. The summed E-state index contributed by atoms with van der Waals surface area (Å²) in [6, 6.07) is 49.3. The summed E-state index contributed by atoms with van der Waals surface area (Å²) in [6.07, 6.45) is 6.00. The second-order valence-electron chi connectivity index (χ2n) is 33.9. The molecule has 16 rings (SSSR count). The van der Waals surface area contributed by atoms with Crippen molar-refractivity contribution in [1.82, 2.24) is 78.1 Å². The van der Waals surface area contributed by atoms with Gasteiger partial charge < -0.3 is 83.0 Å². The van der Waals surface area contributed by atoms with E-state index in [0.717, 1.165) is 74.0 Å². The molecule has 0 saturated heterocycles. The van der Waals surface area contributed by atoms with E-state index < -0.39 is 78.8 Å². The second kappa shape index (κ2) is 51.2. The van der Waals surface area contributed by atoms with Crippen molar-refractivity contribution >= 4 is 122 Å². The zero-order chi connectivity index (χ0) is 104. The summed E-state index contributed by atoms with van der Waals surface area (Å²) < 4.78 is 133. The number of nitrogen functional groups attached to an aromatic ring is 4. The van der Waals surface area contributed by atoms with Crippen LogP contribution in [-0.4, -0.2) is 187 Å². The standard InChI is InChI=1S/C26H30N5O7P.2C25H28N5O6P.C21H26N5O6P/c1-17-4-7-19(8-5-17)13-37-39(34,38-14-21(32)20-9-6-18(2)22(12-20)35-3)16-36-11-10-31-15-28-23-24(31)29-26(27)30-25(23)33;2*1-17-3-7-19(8-4-17)13-35-37(33,36-14-21(31)20-9-5-18(2)6-10-20)16-34-12-11-30-15-27-22-23(30)28-25(26)29-24(22)32;1-14-2-4-15(5-3-14)10-31-33(29,32-11-17(27)16-6-7-16)13-30-9-8-26-12-23-18-19(26)24-21(22)25-20(18)28/h4-9,12,15H,10-11,13-14,16H2,1-3H3,(H3,27,29,30,33);2*3-10,15H,11-14,16H2,1-2H3,(H3,26,28,29,32);2-5,12,16H,6-11,13H2,1H3,(H3,22,24,25,28). The monoisotopic (exact) mass is 2080 g/mol. The molecule has 146 heavy (non-hydrogen) atoms. The van der Waals surface area contributed by atoms with Crippen molar-refractivity contribution in [2.75, 3.05) is 108 Å². The highest BCUT2D eigenvalue weighted by molar-refractivity contribution is 7.54. The number of fused-ring (bicyclic) bond motifs is 4. The average molecular weight is 2080 g/mol. The van der Waals surface area contributed by atoms with Crippen molar-refractivity contribution in [2.45, 2.75) is 114 Å². The zero-order valence-electron chi connectivity index (χ0n) is 81.2. The van der Waals surface area contributed by atoms with E-state index in [1.807, 2.05) is 170 Å². The number of ketones is 4. The van der Waals surface area contributed by atoms with Crippen LogP contribution in [0.4, 0.5) is 23.8 Å². The minimum Gasteiger partial charge on any atom is -0.496 e. The van der Waals surface area contributed by atoms with Gasteiger partial charge in [-0.05, 0) is 95.2 Å². The number of ether oxygens (including phenoxy) is 5. The van der Waals surface area contributed by atoms with Gasteiger partial charge in [0.1, 0.15) is 57.6 Å². The van der Waals surface area contributed by atoms with E-state index in [9.17, 15) is 56.6 Å². The number of hydrogen-bond acceptors (Lipinski definition) is 37. The number of nitrogens with zero attached hydrogens (tertiary/aromatic N) is 12. The van der Waals surface area contributed by atoms with Gasteiger partial charge in [-0.1, -0.05) is 191 Å². The average Bonchev–Trinajstić information content (AvgIpc) is 1.67. The molecule has 4 unspecified atom stereocenters. The summed E-state index contributed by atoms with van der Waals surface area (Å²) in [4.78, 5) is 140. The van der Waals surface area contributed by atoms with Crippen molar-refractivity contribution in [3.05, 3.63) is 308 Å². The lowest BCUT2D eigenvalue weighted by Gasteiger charge is -2.19. The third-order valence-corrected chi connectivity index (χ3v) is 28.3. The molecular weight excluding hydrogens is 1970 g/mol. The number of carbonyl (C=O) groups is 4. The highest BCUT2D eigenvalue weighted by Gasteiger charge is 2.35. The van der Waals surface area contributed by atoms with Gasteiger partial charge in [-0.25, -0.2) is 19.9 Å². The first-order valence-corrected chi connectivity index (χ1v) is 52.6. The number of carbonyl (C=O) groups excluding carboxylic acids is 4. The van der Waals surface area contributed by atoms with Crippen LogP contribution in [0, 0.1) is 54.4 Å². The molecule has 0 bridgehead atoms. The van der Waals surface area contributed by atoms with Crippen LogP contribution >= 0.6 is 30.4 Å². The molecule has 0 aliphatic heterocycles. The summed E-state index contributed by atoms with van der Waals surface area (Å²) >= 11 is 0. The fourth-order valence-electron chi connectivity index (χ4n) is 13.6. The maximum atomic E-state index is 13.6. The normalized spacial score (nSPS) is 13.6. The topological polar surface area (TPSA) is 615 Å². The molecule has 7 aromatic carbocycles. The van der Waals surface area contributed by atoms with Gasteiger partial charge >= 0.3 is 30.4 Å². The number of methoxy groups -OCH3 is 1. The maximum Gasteiger partial charge on any atom is 0.356 e. The third-order valence-electron chi connectivity index (χ3n) is 22.2. The number of hydrogen-bond donors (Lipinski definition) is 8. The van der Waals surface area contributed by atoms with Crippen LogP contribution in [0.5, 0.6) is 5.75 Å². The molecule has 1 saturated carbocycles. The molecule has 49 heteroatoms. The molecule has 1 aliphatic carbocycles. The molecule has 15 aromatic rings. The number of aromatic nitrogens is 16. The molecule has 45 nitrogen and oxygen atoms in total. The number of nitrogens with one attached hydrogen (secondary N) is 4. The summed E-state index contributed by atoms with van der Waals surface area (Å²) in [7, 11) is -13.6. The van der Waals surface area contributed by atoms with Crippen LogP contribution in [0.15, 0.2) is 208 Å². The lowest BCUT2D eigenvalue weighted by molar-refractivity contribution is -0.122. The number of imidazole rings is 4. The number of nitrogens with two attached hydrogens (primary N) is 4. The summed E-state index contributed by atoms with van der Waals surface area (Å²) in [5, 5.41) is 0. The van der Waals surface area contributed by atoms with Gasteiger partial charge in [0.15, 0.2) is 67.8 Å². The SMILES string of the molecule is COc1cc(C(=O)COP(=O)(COCCn2cnc3c(=O)[nH]c(N)nc32)OCc2ccc(C)cc2)ccc1C.Cc1ccc(COP(=O)(COCCn2cnc3c(=O)[nH]c(N)nc32)OCC(=O)C2CC2)cc1.Cc1ccc(COP(=O)(COCCn2cnc3c(=O)[nH]c(N)nc32)OCC(=O)c2ccc(C)cc2)cc1.Cc1ccc(COP(=O)(COCCn2cnc3c(=O)[nH]c(N)nc32)OCC(=O)c2ccc(C)cc2)cc1. The number of aromatic amines is 4. The molecule has 8 aromatic heterocycles. The molecule has 8 heterocycles. The smallest absolute Gasteiger partial charge is 0.356 e. The van der Waals surface area contributed by atoms with Gasteiger partial charge in [0, 0.05) is 48.8 Å². The predicted octanol–water partition coefficient (Wildman–Crippen LogP) is 13.2. The quantitative estimate of drug-likeness (QED) is 0.00997. The van der Waals surface area contributed by atoms with Crippen molar-refractivity contribution < 1.29 is 97.3 Å². The molecule has 1 fully saturated rings. The van der Waals surface area contributed by atoms with E-state index >= 15 is 0 Å². The van der Waals surface area contributed by atoms with Crippen LogP contribution in [0.2, 0.25) is 0 Å². The van der Waals surface area contributed by atoms with Crippen LogP contribution in [-0.2, 0) is 131 Å². The number of benzene rings is 7. The Labute approximate surface area is 835 Å². The zero-order valence-corrected chi connectivity index (χ0v) is 84.8. The van der Waals surface area contributed by atoms with Crippen LogP contribution in [0.1, 0.15) is 105 Å². The minimum atomic E-state index is -3.86. The maximum absolute atomic E-state index is 13.6. The molecule has 1 aliphatic rings. The summed E-state index contributed by atoms with van der Waals surface area (Å²) in [6.45, 7) is 13.5. The van der Waals surface area contributed by atoms with Crippen molar-refractivity contribution in [1.29, 1.82) is 0 Å². The lowest BCUT2D eigenvalue weighted by Crippen LogP contribution is -2.14. The van der Waals surface area contributed by atoms with Crippen molar-refractivity contribution in [2.24, 2.45) is 5.92 Å². The molecule has 0 spiro atoms. The first-order chi connectivity index (χ1) is 69.9. The van der Waals surface area contributed by atoms with Gasteiger partial charge in [-0.3, -0.25) is 94.6 Å². The lowest BCUT2D eigenvalue weighted by atomic mass is 10.1. The molecule has 12 N–H and O–H groups in total. The molecule has 770 valence electrons. The van der Waals surface area contributed by atoms with Crippen molar-refractivity contribution in [3.8, 4) is 5.75 Å². The number of aryl methyl sites for hydroxylation is 7. The summed E-state index contributed by atoms with van der Waals surface area (Å²) in [5.74, 6) is -0.648. The van der Waals surface area contributed by atoms with Gasteiger partial charge in [-0.2, -0.15) is 19.9 Å². The Morgan fingerprint density at radius 2 is 0.575 bits per heavy atom. The number of rotatable bonds is 49. The Morgan fingerprint density at radius 1 is 0.336 bits per heavy atom.